The van der Waals surface area contributed by atoms with Gasteiger partial charge < -0.3 is 5.11 Å². The number of alkyl halides is 2. The Bertz CT molecular complexity index is 2070. The first-order valence-corrected chi connectivity index (χ1v) is 15.2. The summed E-state index contributed by atoms with van der Waals surface area (Å²) in [7, 11) is 0. The lowest BCUT2D eigenvalue weighted by Crippen LogP contribution is -2.60. The van der Waals surface area contributed by atoms with Crippen molar-refractivity contribution < 1.29 is 51.2 Å². The van der Waals surface area contributed by atoms with Gasteiger partial charge in [-0.2, -0.15) is 0 Å². The Morgan fingerprint density at radius 1 is 0.816 bits per heavy atom. The second-order valence-electron chi connectivity index (χ2n) is 12.1. The number of benzene rings is 3. The van der Waals surface area contributed by atoms with Gasteiger partial charge in [0.15, 0.2) is 33.0 Å². The van der Waals surface area contributed by atoms with Crippen molar-refractivity contribution in [2.24, 2.45) is 17.8 Å². The van der Waals surface area contributed by atoms with Crippen LogP contribution >= 0.6 is 23.2 Å². The molecule has 49 heavy (non-hydrogen) atoms. The topological polar surface area (TPSA) is 138 Å². The largest absolute Gasteiger partial charge is 0.508 e. The van der Waals surface area contributed by atoms with Gasteiger partial charge in [0.25, 0.3) is 17.5 Å². The van der Waals surface area contributed by atoms with E-state index in [1.54, 1.807) is 0 Å². The van der Waals surface area contributed by atoms with Gasteiger partial charge in [-0.15, -0.1) is 23.2 Å². The molecule has 3 aromatic rings. The Morgan fingerprint density at radius 2 is 1.43 bits per heavy atom. The average molecular weight is 722 g/mol. The molecule has 4 amide bonds. The summed E-state index contributed by atoms with van der Waals surface area (Å²) < 4.78 is 72.9. The number of carbonyl (C=O) groups excluding carboxylic acids is 4. The highest BCUT2D eigenvalue weighted by Crippen LogP contribution is 2.66. The van der Waals surface area contributed by atoms with Gasteiger partial charge in [0.1, 0.15) is 11.4 Å². The first kappa shape index (κ1) is 32.6. The minimum absolute atomic E-state index is 0.00813. The van der Waals surface area contributed by atoms with Crippen LogP contribution in [0.25, 0.3) is 0 Å². The predicted octanol–water partition coefficient (Wildman–Crippen LogP) is 5.76. The molecule has 2 aliphatic carbocycles. The molecule has 2 heterocycles. The summed E-state index contributed by atoms with van der Waals surface area (Å²) >= 11 is 14.1. The summed E-state index contributed by atoms with van der Waals surface area (Å²) in [5.74, 6) is -22.5. The van der Waals surface area contributed by atoms with Gasteiger partial charge >= 0.3 is 0 Å². The van der Waals surface area contributed by atoms with Crippen LogP contribution < -0.4 is 9.80 Å². The van der Waals surface area contributed by atoms with Crippen molar-refractivity contribution in [3.8, 4) is 5.75 Å². The van der Waals surface area contributed by atoms with E-state index in [0.29, 0.717) is 0 Å². The van der Waals surface area contributed by atoms with E-state index >= 15 is 8.78 Å². The van der Waals surface area contributed by atoms with Crippen molar-refractivity contribution in [2.45, 2.75) is 28.5 Å². The van der Waals surface area contributed by atoms with E-state index < -0.39 is 103 Å². The van der Waals surface area contributed by atoms with E-state index in [-0.39, 0.29) is 39.6 Å². The van der Waals surface area contributed by atoms with Crippen molar-refractivity contribution in [3.63, 3.8) is 0 Å². The Balaban J connectivity index is 1.40. The fraction of sp³-hybridized carbons (Fsp3) is 0.250. The van der Waals surface area contributed by atoms with Crippen molar-refractivity contribution in [1.29, 1.82) is 0 Å². The molecule has 0 bridgehead atoms. The molecule has 17 heteroatoms. The third-order valence-corrected chi connectivity index (χ3v) is 11.2. The van der Waals surface area contributed by atoms with Gasteiger partial charge in [-0.25, -0.2) is 26.9 Å². The van der Waals surface area contributed by atoms with Gasteiger partial charge in [-0.05, 0) is 48.6 Å². The molecular weight excluding hydrogens is 704 g/mol. The number of amides is 4. The lowest BCUT2D eigenvalue weighted by molar-refractivity contribution is -0.384. The lowest BCUT2D eigenvalue weighted by Gasteiger charge is -2.50. The number of hydrogen-bond acceptors (Lipinski definition) is 7. The summed E-state index contributed by atoms with van der Waals surface area (Å²) in [4.78, 5) is 61.7. The summed E-state index contributed by atoms with van der Waals surface area (Å²) in [6, 6.07) is 9.72. The molecule has 2 aliphatic heterocycles. The first-order chi connectivity index (χ1) is 23.1. The zero-order valence-corrected chi connectivity index (χ0v) is 25.8. The van der Waals surface area contributed by atoms with Crippen LogP contribution in [0.15, 0.2) is 60.2 Å². The second kappa shape index (κ2) is 10.8. The molecule has 7 rings (SSSR count). The summed E-state index contributed by atoms with van der Waals surface area (Å²) in [6.45, 7) is 0. The SMILES string of the molecule is O=C1[C@H]2[C@H](CC=C3[C@H]2C[C@@]2(Cl)C(=O)N(c4c(F)c(F)c(F)c(F)c4F)C(=O)[C@@]2(Cl)[C@H]3c2cccc(O)c2)C(=O)N1c1ccc([N+](=O)[O-])cc1. The van der Waals surface area contributed by atoms with E-state index in [1.165, 1.54) is 36.4 Å². The monoisotopic (exact) mass is 721 g/mol. The number of nitro groups is 1. The summed E-state index contributed by atoms with van der Waals surface area (Å²) in [6.07, 6.45) is 0.694. The van der Waals surface area contributed by atoms with E-state index in [1.807, 2.05) is 0 Å². The van der Waals surface area contributed by atoms with Crippen molar-refractivity contribution in [2.75, 3.05) is 9.80 Å². The van der Waals surface area contributed by atoms with Crippen LogP contribution in [0.5, 0.6) is 5.75 Å². The van der Waals surface area contributed by atoms with Crippen LogP contribution in [0.4, 0.5) is 39.0 Å². The van der Waals surface area contributed by atoms with Gasteiger partial charge in [0, 0.05) is 18.1 Å². The number of allylic oxidation sites excluding steroid dienone is 2. The third kappa shape index (κ3) is 4.17. The standard InChI is InChI=1S/C32H18Cl2F5N3O7/c33-31-11-18-16(8-9-17-19(18)28(45)40(27(17)44)13-4-6-14(7-5-13)42(48)49)20(12-2-1-3-15(43)10-12)32(31,34)30(47)41(29(31)46)26-24(38)22(36)21(35)23(37)25(26)39/h1-8,10,17-20,43H,9,11H2/t17-,18+,19-,20-,31+,32-/m0/s1. The third-order valence-electron chi connectivity index (χ3n) is 9.74. The van der Waals surface area contributed by atoms with Crippen LogP contribution in [-0.4, -0.2) is 43.4 Å². The number of imide groups is 2. The van der Waals surface area contributed by atoms with Crippen LogP contribution in [0.2, 0.25) is 0 Å². The molecule has 3 aromatic carbocycles. The maximum atomic E-state index is 15.1. The lowest BCUT2D eigenvalue weighted by atomic mass is 9.56. The molecule has 0 spiro atoms. The van der Waals surface area contributed by atoms with E-state index in [4.69, 9.17) is 23.2 Å². The number of non-ortho nitro benzene ring substituents is 1. The van der Waals surface area contributed by atoms with E-state index in [0.717, 1.165) is 23.1 Å². The van der Waals surface area contributed by atoms with Gasteiger partial charge in [-0.1, -0.05) is 23.8 Å². The second-order valence-corrected chi connectivity index (χ2v) is 13.3. The molecule has 2 saturated heterocycles. The predicted molar refractivity (Wildman–Crippen MR) is 160 cm³/mol. The van der Waals surface area contributed by atoms with E-state index in [2.05, 4.69) is 0 Å². The fourth-order valence-corrected chi connectivity index (χ4v) is 8.56. The zero-order chi connectivity index (χ0) is 35.5. The number of phenolic OH excluding ortho intramolecular Hbond substituents is 1. The molecule has 252 valence electrons. The number of hydrogen-bond donors (Lipinski definition) is 1. The Kier molecular flexibility index (Phi) is 7.20. The number of nitro benzene ring substituents is 1. The molecule has 4 aliphatic rings. The van der Waals surface area contributed by atoms with Crippen molar-refractivity contribution in [1.82, 2.24) is 0 Å². The highest BCUT2D eigenvalue weighted by molar-refractivity contribution is 6.58. The van der Waals surface area contributed by atoms with Crippen LogP contribution in [0.3, 0.4) is 0 Å². The van der Waals surface area contributed by atoms with Crippen molar-refractivity contribution >= 4 is 63.9 Å². The quantitative estimate of drug-likeness (QED) is 0.0528. The number of phenols is 1. The van der Waals surface area contributed by atoms with Gasteiger partial charge in [-0.3, -0.25) is 34.2 Å². The highest BCUT2D eigenvalue weighted by Gasteiger charge is 2.77. The zero-order valence-electron chi connectivity index (χ0n) is 24.3. The van der Waals surface area contributed by atoms with Crippen molar-refractivity contribution in [3.05, 3.63) is 105 Å². The van der Waals surface area contributed by atoms with Crippen LogP contribution in [0.1, 0.15) is 24.3 Å². The number of anilines is 2. The maximum absolute atomic E-state index is 15.1. The molecule has 6 atom stereocenters. The van der Waals surface area contributed by atoms with Gasteiger partial charge in [0.2, 0.25) is 17.6 Å². The van der Waals surface area contributed by atoms with E-state index in [9.17, 15) is 47.6 Å². The molecular formula is C32H18Cl2F5N3O7. The minimum atomic E-state index is -2.72. The minimum Gasteiger partial charge on any atom is -0.508 e. The number of rotatable bonds is 4. The maximum Gasteiger partial charge on any atom is 0.269 e. The van der Waals surface area contributed by atoms with Gasteiger partial charge in [0.05, 0.1) is 22.4 Å². The number of halogens is 7. The molecule has 10 nitrogen and oxygen atoms in total. The molecule has 0 radical (unpaired) electrons. The molecule has 3 fully saturated rings. The Hall–Kier alpha value is -4.89. The number of aromatic hydroxyl groups is 1. The molecule has 0 unspecified atom stereocenters. The average Bonchev–Trinajstić information content (AvgIpc) is 3.41. The normalized spacial score (nSPS) is 29.2. The number of carbonyl (C=O) groups is 4. The Labute approximate surface area is 281 Å². The van der Waals surface area contributed by atoms with Crippen LogP contribution in [0, 0.1) is 57.0 Å². The smallest absolute Gasteiger partial charge is 0.269 e. The molecule has 1 saturated carbocycles. The van der Waals surface area contributed by atoms with Crippen LogP contribution in [-0.2, 0) is 19.2 Å². The summed E-state index contributed by atoms with van der Waals surface area (Å²) in [5, 5.41) is 21.5. The summed E-state index contributed by atoms with van der Waals surface area (Å²) in [5.41, 5.74) is -1.96. The fourth-order valence-electron chi connectivity index (χ4n) is 7.62. The Morgan fingerprint density at radius 3 is 2.02 bits per heavy atom. The highest BCUT2D eigenvalue weighted by atomic mass is 35.5. The molecule has 0 aromatic heterocycles. The molecule has 1 N–H and O–H groups in total. The number of nitrogens with zero attached hydrogens (tertiary/aromatic N) is 3. The first-order valence-electron chi connectivity index (χ1n) is 14.5. The number of fused-ring (bicyclic) bond motifs is 4.